The molecule has 1 heterocycles. The van der Waals surface area contributed by atoms with Gasteiger partial charge in [-0.2, -0.15) is 5.10 Å². The molecule has 2 atom stereocenters. The Bertz CT molecular complexity index is 483. The highest BCUT2D eigenvalue weighted by atomic mass is 79.9. The quantitative estimate of drug-likeness (QED) is 0.849. The van der Waals surface area contributed by atoms with Gasteiger partial charge in [-0.05, 0) is 28.3 Å². The molecule has 1 aliphatic carbocycles. The summed E-state index contributed by atoms with van der Waals surface area (Å²) in [4.78, 5) is 11.9. The summed E-state index contributed by atoms with van der Waals surface area (Å²) in [5.41, 5.74) is 0.667. The molecule has 1 aromatic heterocycles. The minimum atomic E-state index is -0.122. The van der Waals surface area contributed by atoms with Gasteiger partial charge in [0.25, 0.3) is 5.56 Å². The molecule has 0 aliphatic heterocycles. The zero-order valence-corrected chi connectivity index (χ0v) is 11.4. The van der Waals surface area contributed by atoms with Crippen molar-refractivity contribution < 1.29 is 0 Å². The number of anilines is 1. The maximum absolute atomic E-state index is 11.9. The summed E-state index contributed by atoms with van der Waals surface area (Å²) >= 11 is 3.33. The maximum atomic E-state index is 11.9. The average Bonchev–Trinajstić information content (AvgIpc) is 3.07. The van der Waals surface area contributed by atoms with Crippen LogP contribution in [0.1, 0.15) is 19.8 Å². The van der Waals surface area contributed by atoms with Gasteiger partial charge in [0.2, 0.25) is 0 Å². The van der Waals surface area contributed by atoms with Gasteiger partial charge in [-0.1, -0.05) is 19.4 Å². The number of hydrogen-bond donors (Lipinski definition) is 1. The van der Waals surface area contributed by atoms with Crippen molar-refractivity contribution in [1.29, 1.82) is 0 Å². The lowest BCUT2D eigenvalue weighted by Gasteiger charge is -2.09. The number of halogens is 1. The molecule has 17 heavy (non-hydrogen) atoms. The van der Waals surface area contributed by atoms with Crippen LogP contribution in [0.4, 0.5) is 5.69 Å². The molecule has 2 unspecified atom stereocenters. The van der Waals surface area contributed by atoms with Crippen LogP contribution in [0.3, 0.4) is 0 Å². The Morgan fingerprint density at radius 1 is 1.76 bits per heavy atom. The molecule has 5 heteroatoms. The SMILES string of the molecule is C=CCn1ncc(NC2CC2CC)c(Br)c1=O. The Morgan fingerprint density at radius 2 is 2.53 bits per heavy atom. The highest BCUT2D eigenvalue weighted by Gasteiger charge is 2.35. The second-order valence-corrected chi connectivity index (χ2v) is 5.10. The minimum Gasteiger partial charge on any atom is -0.380 e. The first-order chi connectivity index (χ1) is 8.17. The topological polar surface area (TPSA) is 46.9 Å². The Kier molecular flexibility index (Phi) is 3.66. The van der Waals surface area contributed by atoms with Crippen LogP contribution in [0.15, 0.2) is 28.1 Å². The smallest absolute Gasteiger partial charge is 0.283 e. The standard InChI is InChI=1S/C12H16BrN3O/c1-3-5-16-12(17)11(13)10(7-14-16)15-9-6-8(9)4-2/h3,7-9,15H,1,4-6H2,2H3. The van der Waals surface area contributed by atoms with E-state index < -0.39 is 0 Å². The van der Waals surface area contributed by atoms with Crippen molar-refractivity contribution in [2.75, 3.05) is 5.32 Å². The third kappa shape index (κ3) is 2.60. The van der Waals surface area contributed by atoms with E-state index in [1.165, 1.54) is 17.5 Å². The Balaban J connectivity index is 2.16. The van der Waals surface area contributed by atoms with Crippen molar-refractivity contribution in [1.82, 2.24) is 9.78 Å². The second kappa shape index (κ2) is 5.04. The first-order valence-electron chi connectivity index (χ1n) is 5.80. The molecule has 0 radical (unpaired) electrons. The molecule has 4 nitrogen and oxygen atoms in total. The molecular weight excluding hydrogens is 282 g/mol. The van der Waals surface area contributed by atoms with Crippen molar-refractivity contribution in [3.63, 3.8) is 0 Å². The molecule has 0 bridgehead atoms. The lowest BCUT2D eigenvalue weighted by Crippen LogP contribution is -2.24. The fourth-order valence-corrected chi connectivity index (χ4v) is 2.31. The van der Waals surface area contributed by atoms with E-state index in [9.17, 15) is 4.79 Å². The van der Waals surface area contributed by atoms with Crippen molar-refractivity contribution in [3.05, 3.63) is 33.7 Å². The summed E-state index contributed by atoms with van der Waals surface area (Å²) in [5, 5.41) is 7.45. The zero-order valence-electron chi connectivity index (χ0n) is 9.82. The molecule has 0 amide bonds. The molecule has 1 fully saturated rings. The highest BCUT2D eigenvalue weighted by molar-refractivity contribution is 9.10. The average molecular weight is 298 g/mol. The molecule has 0 saturated heterocycles. The maximum Gasteiger partial charge on any atom is 0.283 e. The first-order valence-corrected chi connectivity index (χ1v) is 6.59. The monoisotopic (exact) mass is 297 g/mol. The number of rotatable bonds is 5. The Hall–Kier alpha value is -1.10. The predicted molar refractivity (Wildman–Crippen MR) is 72.2 cm³/mol. The van der Waals surface area contributed by atoms with Gasteiger partial charge >= 0.3 is 0 Å². The molecule has 92 valence electrons. The van der Waals surface area contributed by atoms with Crippen LogP contribution in [0, 0.1) is 5.92 Å². The third-order valence-corrected chi connectivity index (χ3v) is 3.84. The molecule has 1 N–H and O–H groups in total. The number of aromatic nitrogens is 2. The van der Waals surface area contributed by atoms with Gasteiger partial charge in [0.1, 0.15) is 4.47 Å². The van der Waals surface area contributed by atoms with Gasteiger partial charge in [0.15, 0.2) is 0 Å². The molecule has 0 aromatic carbocycles. The lowest BCUT2D eigenvalue weighted by atomic mass is 10.3. The summed E-state index contributed by atoms with van der Waals surface area (Å²) in [7, 11) is 0. The summed E-state index contributed by atoms with van der Waals surface area (Å²) in [5.74, 6) is 0.734. The van der Waals surface area contributed by atoms with Crippen molar-refractivity contribution in [2.24, 2.45) is 5.92 Å². The predicted octanol–water partition coefficient (Wildman–Crippen LogP) is 2.40. The number of nitrogens with one attached hydrogen (secondary N) is 1. The second-order valence-electron chi connectivity index (χ2n) is 4.30. The van der Waals surface area contributed by atoms with Crippen molar-refractivity contribution in [2.45, 2.75) is 32.4 Å². The van der Waals surface area contributed by atoms with Crippen LogP contribution in [0.5, 0.6) is 0 Å². The fourth-order valence-electron chi connectivity index (χ4n) is 1.89. The molecule has 1 aliphatic rings. The van der Waals surface area contributed by atoms with E-state index in [4.69, 9.17) is 0 Å². The zero-order chi connectivity index (χ0) is 12.4. The van der Waals surface area contributed by atoms with E-state index in [2.05, 4.69) is 39.8 Å². The summed E-state index contributed by atoms with van der Waals surface area (Å²) in [6, 6.07) is 0.493. The van der Waals surface area contributed by atoms with E-state index in [1.54, 1.807) is 12.3 Å². The van der Waals surface area contributed by atoms with Crippen LogP contribution in [-0.2, 0) is 6.54 Å². The number of nitrogens with zero attached hydrogens (tertiary/aromatic N) is 2. The van der Waals surface area contributed by atoms with Gasteiger partial charge < -0.3 is 5.32 Å². The van der Waals surface area contributed by atoms with Crippen LogP contribution >= 0.6 is 15.9 Å². The fraction of sp³-hybridized carbons (Fsp3) is 0.500. The Labute approximate surface area is 109 Å². The van der Waals surface area contributed by atoms with Gasteiger partial charge in [0.05, 0.1) is 18.4 Å². The minimum absolute atomic E-state index is 0.122. The van der Waals surface area contributed by atoms with E-state index >= 15 is 0 Å². The van der Waals surface area contributed by atoms with Crippen LogP contribution < -0.4 is 10.9 Å². The van der Waals surface area contributed by atoms with E-state index in [0.717, 1.165) is 11.6 Å². The Morgan fingerprint density at radius 3 is 3.12 bits per heavy atom. The molecular formula is C12H16BrN3O. The molecule has 1 aromatic rings. The van der Waals surface area contributed by atoms with E-state index in [-0.39, 0.29) is 5.56 Å². The lowest BCUT2D eigenvalue weighted by molar-refractivity contribution is 0.648. The van der Waals surface area contributed by atoms with Crippen LogP contribution in [-0.4, -0.2) is 15.8 Å². The highest BCUT2D eigenvalue weighted by Crippen LogP contribution is 2.36. The largest absolute Gasteiger partial charge is 0.380 e. The normalized spacial score (nSPS) is 22.2. The molecule has 0 spiro atoms. The summed E-state index contributed by atoms with van der Waals surface area (Å²) in [6.45, 7) is 6.21. The summed E-state index contributed by atoms with van der Waals surface area (Å²) < 4.78 is 1.93. The van der Waals surface area contributed by atoms with Gasteiger partial charge in [0, 0.05) is 6.04 Å². The van der Waals surface area contributed by atoms with Crippen molar-refractivity contribution in [3.8, 4) is 0 Å². The molecule has 1 saturated carbocycles. The van der Waals surface area contributed by atoms with E-state index in [1.807, 2.05) is 0 Å². The van der Waals surface area contributed by atoms with Gasteiger partial charge in [-0.25, -0.2) is 4.68 Å². The van der Waals surface area contributed by atoms with Crippen LogP contribution in [0.25, 0.3) is 0 Å². The first kappa shape index (κ1) is 12.4. The van der Waals surface area contributed by atoms with Crippen LogP contribution in [0.2, 0.25) is 0 Å². The van der Waals surface area contributed by atoms with Crippen molar-refractivity contribution >= 4 is 21.6 Å². The van der Waals surface area contributed by atoms with Gasteiger partial charge in [-0.15, -0.1) is 6.58 Å². The summed E-state index contributed by atoms with van der Waals surface area (Å²) in [6.07, 6.45) is 5.71. The number of allylic oxidation sites excluding steroid dienone is 1. The third-order valence-electron chi connectivity index (χ3n) is 3.07. The number of hydrogen-bond acceptors (Lipinski definition) is 3. The van der Waals surface area contributed by atoms with Gasteiger partial charge in [-0.3, -0.25) is 4.79 Å². The van der Waals surface area contributed by atoms with E-state index in [0.29, 0.717) is 17.1 Å². The molecule has 2 rings (SSSR count).